The van der Waals surface area contributed by atoms with Gasteiger partial charge in [0.2, 0.25) is 0 Å². The highest BCUT2D eigenvalue weighted by molar-refractivity contribution is 5.54. The van der Waals surface area contributed by atoms with E-state index in [1.165, 1.54) is 12.1 Å². The average molecular weight is 280 g/mol. The normalized spacial score (nSPS) is 10.3. The molecule has 0 unspecified atom stereocenters. The molecule has 0 saturated carbocycles. The van der Waals surface area contributed by atoms with Crippen molar-refractivity contribution in [3.05, 3.63) is 86.3 Å². The molecule has 2 rings (SSSR count). The van der Waals surface area contributed by atoms with E-state index in [2.05, 4.69) is 10.0 Å². The summed E-state index contributed by atoms with van der Waals surface area (Å²) in [5, 5.41) is 14.2. The van der Waals surface area contributed by atoms with Crippen molar-refractivity contribution >= 4 is 17.5 Å². The predicted octanol–water partition coefficient (Wildman–Crippen LogP) is 4.79. The molecule has 0 bridgehead atoms. The number of rotatable bonds is 5. The largest absolute Gasteiger partial charge is 0.269 e. The van der Waals surface area contributed by atoms with Gasteiger partial charge >= 0.3 is 0 Å². The van der Waals surface area contributed by atoms with Gasteiger partial charge in [0.15, 0.2) is 0 Å². The zero-order valence-corrected chi connectivity index (χ0v) is 11.1. The molecule has 2 aromatic carbocycles. The summed E-state index contributed by atoms with van der Waals surface area (Å²) < 4.78 is 0. The lowest BCUT2D eigenvalue weighted by atomic mass is 10.1. The molecular weight excluding hydrogens is 268 g/mol. The van der Waals surface area contributed by atoms with Crippen LogP contribution in [0.2, 0.25) is 0 Å². The zero-order chi connectivity index (χ0) is 15.1. The van der Waals surface area contributed by atoms with Crippen molar-refractivity contribution in [2.24, 2.45) is 5.11 Å². The van der Waals surface area contributed by atoms with Gasteiger partial charge in [-0.1, -0.05) is 41.5 Å². The smallest absolute Gasteiger partial charge is 0.258 e. The number of nitrogens with zero attached hydrogens (tertiary/aromatic N) is 4. The number of allylic oxidation sites excluding steroid dienone is 1. The van der Waals surface area contributed by atoms with E-state index in [0.29, 0.717) is 12.1 Å². The van der Waals surface area contributed by atoms with Crippen molar-refractivity contribution < 1.29 is 4.92 Å². The minimum Gasteiger partial charge on any atom is -0.258 e. The number of non-ortho nitro benzene ring substituents is 1. The van der Waals surface area contributed by atoms with Gasteiger partial charge in [-0.3, -0.25) is 10.1 Å². The molecule has 104 valence electrons. The van der Waals surface area contributed by atoms with Gasteiger partial charge in [0.1, 0.15) is 0 Å². The van der Waals surface area contributed by atoms with E-state index in [1.807, 2.05) is 30.4 Å². The molecule has 6 heteroatoms. The van der Waals surface area contributed by atoms with Gasteiger partial charge in [0, 0.05) is 22.7 Å². The Morgan fingerprint density at radius 3 is 2.57 bits per heavy atom. The van der Waals surface area contributed by atoms with Crippen LogP contribution in [0.1, 0.15) is 11.1 Å². The molecule has 0 radical (unpaired) electrons. The quantitative estimate of drug-likeness (QED) is 0.259. The Balaban J connectivity index is 2.09. The molecule has 0 spiro atoms. The van der Waals surface area contributed by atoms with E-state index in [-0.39, 0.29) is 5.69 Å². The summed E-state index contributed by atoms with van der Waals surface area (Å²) in [4.78, 5) is 12.9. The maximum absolute atomic E-state index is 10.6. The molecular formula is C15H12N4O2. The highest BCUT2D eigenvalue weighted by atomic mass is 16.6. The average Bonchev–Trinajstić information content (AvgIpc) is 2.50. The molecule has 6 nitrogen and oxygen atoms in total. The minimum absolute atomic E-state index is 0.0702. The number of benzene rings is 2. The Morgan fingerprint density at radius 2 is 1.90 bits per heavy atom. The standard InChI is InChI=1S/C15H12N4O2/c16-18-17-15-7-2-1-5-13(15)6-3-4-12-8-10-14(11-9-12)19(20)21/h1-5,7-11H,6H2/b4-3+. The molecule has 2 aromatic rings. The topological polar surface area (TPSA) is 91.9 Å². The molecule has 0 saturated heterocycles. The van der Waals surface area contributed by atoms with Crippen molar-refractivity contribution in [3.63, 3.8) is 0 Å². The van der Waals surface area contributed by atoms with E-state index in [0.717, 1.165) is 11.1 Å². The lowest BCUT2D eigenvalue weighted by Gasteiger charge is -2.00. The number of azide groups is 1. The predicted molar refractivity (Wildman–Crippen MR) is 81.1 cm³/mol. The fourth-order valence-corrected chi connectivity index (χ4v) is 1.86. The first-order chi connectivity index (χ1) is 10.2. The van der Waals surface area contributed by atoms with E-state index < -0.39 is 4.92 Å². The van der Waals surface area contributed by atoms with Crippen molar-refractivity contribution in [3.8, 4) is 0 Å². The van der Waals surface area contributed by atoms with Crippen LogP contribution in [0.5, 0.6) is 0 Å². The first-order valence-electron chi connectivity index (χ1n) is 6.24. The Bertz CT molecular complexity index is 717. The molecule has 0 aliphatic heterocycles. The summed E-state index contributed by atoms with van der Waals surface area (Å²) in [5.41, 5.74) is 11.0. The highest BCUT2D eigenvalue weighted by Crippen LogP contribution is 2.20. The summed E-state index contributed by atoms with van der Waals surface area (Å²) in [7, 11) is 0. The number of nitro benzene ring substituents is 1. The van der Waals surface area contributed by atoms with Gasteiger partial charge in [-0.25, -0.2) is 0 Å². The summed E-state index contributed by atoms with van der Waals surface area (Å²) in [5.74, 6) is 0. The molecule has 0 N–H and O–H groups in total. The minimum atomic E-state index is -0.427. The maximum Gasteiger partial charge on any atom is 0.269 e. The fourth-order valence-electron chi connectivity index (χ4n) is 1.86. The van der Waals surface area contributed by atoms with Crippen LogP contribution in [-0.4, -0.2) is 4.92 Å². The molecule has 21 heavy (non-hydrogen) atoms. The van der Waals surface area contributed by atoms with E-state index in [1.54, 1.807) is 18.2 Å². The van der Waals surface area contributed by atoms with Crippen LogP contribution in [0.15, 0.2) is 59.7 Å². The lowest BCUT2D eigenvalue weighted by molar-refractivity contribution is -0.384. The Labute approximate surface area is 121 Å². The van der Waals surface area contributed by atoms with Gasteiger partial charge in [0.05, 0.1) is 4.92 Å². The first kappa shape index (κ1) is 14.3. The molecule has 0 aromatic heterocycles. The number of hydrogen-bond donors (Lipinski definition) is 0. The van der Waals surface area contributed by atoms with Crippen LogP contribution in [0.25, 0.3) is 16.5 Å². The second-order valence-corrected chi connectivity index (χ2v) is 4.27. The van der Waals surface area contributed by atoms with Gasteiger partial charge in [-0.2, -0.15) is 0 Å². The summed E-state index contributed by atoms with van der Waals surface area (Å²) in [6.45, 7) is 0. The molecule has 0 heterocycles. The Hall–Kier alpha value is -3.11. The fraction of sp³-hybridized carbons (Fsp3) is 0.0667. The van der Waals surface area contributed by atoms with E-state index in [4.69, 9.17) is 5.53 Å². The SMILES string of the molecule is [N-]=[N+]=Nc1ccccc1C/C=C/c1ccc([N+](=O)[O-])cc1. The molecule has 0 atom stereocenters. The highest BCUT2D eigenvalue weighted by Gasteiger charge is 2.02. The van der Waals surface area contributed by atoms with Crippen molar-refractivity contribution in [1.82, 2.24) is 0 Å². The Kier molecular flexibility index (Phi) is 4.69. The summed E-state index contributed by atoms with van der Waals surface area (Å²) >= 11 is 0. The van der Waals surface area contributed by atoms with Crippen LogP contribution < -0.4 is 0 Å². The van der Waals surface area contributed by atoms with Crippen molar-refractivity contribution in [2.45, 2.75) is 6.42 Å². The van der Waals surface area contributed by atoms with Crippen LogP contribution in [0, 0.1) is 10.1 Å². The molecule has 0 amide bonds. The van der Waals surface area contributed by atoms with Gasteiger partial charge in [-0.15, -0.1) is 0 Å². The zero-order valence-electron chi connectivity index (χ0n) is 11.1. The van der Waals surface area contributed by atoms with Crippen molar-refractivity contribution in [1.29, 1.82) is 0 Å². The monoisotopic (exact) mass is 280 g/mol. The number of nitro groups is 1. The summed E-state index contributed by atoms with van der Waals surface area (Å²) in [6.07, 6.45) is 4.41. The third-order valence-corrected chi connectivity index (χ3v) is 2.90. The van der Waals surface area contributed by atoms with Gasteiger partial charge in [0.25, 0.3) is 5.69 Å². The van der Waals surface area contributed by atoms with Gasteiger partial charge in [-0.05, 0) is 35.2 Å². The third-order valence-electron chi connectivity index (χ3n) is 2.90. The maximum atomic E-state index is 10.6. The first-order valence-corrected chi connectivity index (χ1v) is 6.24. The van der Waals surface area contributed by atoms with E-state index >= 15 is 0 Å². The second-order valence-electron chi connectivity index (χ2n) is 4.27. The lowest BCUT2D eigenvalue weighted by Crippen LogP contribution is -1.86. The van der Waals surface area contributed by atoms with E-state index in [9.17, 15) is 10.1 Å². The van der Waals surface area contributed by atoms with Crippen LogP contribution in [0.4, 0.5) is 11.4 Å². The molecule has 0 aliphatic rings. The Morgan fingerprint density at radius 1 is 1.19 bits per heavy atom. The van der Waals surface area contributed by atoms with Crippen LogP contribution in [0.3, 0.4) is 0 Å². The summed E-state index contributed by atoms with van der Waals surface area (Å²) in [6, 6.07) is 13.7. The van der Waals surface area contributed by atoms with Crippen LogP contribution in [-0.2, 0) is 6.42 Å². The van der Waals surface area contributed by atoms with Gasteiger partial charge < -0.3 is 0 Å². The van der Waals surface area contributed by atoms with Crippen LogP contribution >= 0.6 is 0 Å². The molecule has 0 aliphatic carbocycles. The third kappa shape index (κ3) is 3.92. The number of hydrogen-bond acceptors (Lipinski definition) is 3. The second kappa shape index (κ2) is 6.88. The molecule has 0 fully saturated rings. The van der Waals surface area contributed by atoms with Crippen molar-refractivity contribution in [2.75, 3.05) is 0 Å².